The molecule has 0 radical (unpaired) electrons. The number of amides is 1. The van der Waals surface area contributed by atoms with Crippen LogP contribution >= 0.6 is 0 Å². The van der Waals surface area contributed by atoms with Crippen LogP contribution in [0.25, 0.3) is 0 Å². The fourth-order valence-corrected chi connectivity index (χ4v) is 1.71. The first-order valence-corrected chi connectivity index (χ1v) is 4.50. The van der Waals surface area contributed by atoms with Crippen LogP contribution in [0.5, 0.6) is 0 Å². The Balaban J connectivity index is 2.57. The first kappa shape index (κ1) is 10.5. The van der Waals surface area contributed by atoms with Gasteiger partial charge < -0.3 is 9.64 Å². The molecule has 0 saturated carbocycles. The molecule has 0 aromatic heterocycles. The van der Waals surface area contributed by atoms with Gasteiger partial charge in [0.25, 0.3) is 0 Å². The Morgan fingerprint density at radius 2 is 2.15 bits per heavy atom. The predicted octanol–water partition coefficient (Wildman–Crippen LogP) is -0.206. The molecule has 1 aliphatic rings. The molecular weight excluding hydrogens is 168 g/mol. The highest BCUT2D eigenvalue weighted by molar-refractivity contribution is 5.81. The summed E-state index contributed by atoms with van der Waals surface area (Å²) in [5.41, 5.74) is 0. The number of nitrogens with zero attached hydrogens (tertiary/aromatic N) is 2. The Bertz CT molecular complexity index is 194. The lowest BCUT2D eigenvalue weighted by atomic mass is 10.2. The fourth-order valence-electron chi connectivity index (χ4n) is 1.71. The van der Waals surface area contributed by atoms with Crippen molar-refractivity contribution in [1.82, 2.24) is 9.80 Å². The topological polar surface area (TPSA) is 32.8 Å². The average Bonchev–Trinajstić information content (AvgIpc) is 2.45. The van der Waals surface area contributed by atoms with Crippen LogP contribution in [0, 0.1) is 0 Å². The van der Waals surface area contributed by atoms with E-state index in [4.69, 9.17) is 4.74 Å². The Morgan fingerprint density at radius 3 is 2.54 bits per heavy atom. The molecule has 0 unspecified atom stereocenters. The van der Waals surface area contributed by atoms with E-state index in [2.05, 4.69) is 4.90 Å². The maximum Gasteiger partial charge on any atom is 0.239 e. The van der Waals surface area contributed by atoms with E-state index in [1.165, 1.54) is 0 Å². The first-order chi connectivity index (χ1) is 6.06. The number of hydrogen-bond donors (Lipinski definition) is 0. The maximum absolute atomic E-state index is 11.6. The Labute approximate surface area is 79.4 Å². The van der Waals surface area contributed by atoms with Gasteiger partial charge in [0.15, 0.2) is 0 Å². The minimum absolute atomic E-state index is 0.0000463. The molecule has 1 heterocycles. The van der Waals surface area contributed by atoms with Gasteiger partial charge in [0, 0.05) is 27.7 Å². The largest absolute Gasteiger partial charge is 0.380 e. The highest BCUT2D eigenvalue weighted by atomic mass is 16.5. The normalized spacial score (nSPS) is 29.2. The summed E-state index contributed by atoms with van der Waals surface area (Å²) in [6, 6.07) is -0.0000463. The summed E-state index contributed by atoms with van der Waals surface area (Å²) in [6.45, 7) is 0.848. The second-order valence-electron chi connectivity index (χ2n) is 3.78. The summed E-state index contributed by atoms with van der Waals surface area (Å²) in [5.74, 6) is 0.169. The van der Waals surface area contributed by atoms with Crippen LogP contribution in [0.1, 0.15) is 6.42 Å². The summed E-state index contributed by atoms with van der Waals surface area (Å²) < 4.78 is 5.23. The monoisotopic (exact) mass is 186 g/mol. The Kier molecular flexibility index (Phi) is 3.27. The van der Waals surface area contributed by atoms with Crippen molar-refractivity contribution < 1.29 is 9.53 Å². The molecule has 0 aromatic carbocycles. The number of hydrogen-bond acceptors (Lipinski definition) is 3. The van der Waals surface area contributed by atoms with Gasteiger partial charge >= 0.3 is 0 Å². The number of likely N-dealkylation sites (N-methyl/N-ethyl adjacent to an activating group) is 2. The van der Waals surface area contributed by atoms with Crippen molar-refractivity contribution in [3.05, 3.63) is 0 Å². The van der Waals surface area contributed by atoms with E-state index in [9.17, 15) is 4.79 Å². The van der Waals surface area contributed by atoms with E-state index < -0.39 is 0 Å². The zero-order valence-corrected chi connectivity index (χ0v) is 8.78. The minimum atomic E-state index is -0.0000463. The lowest BCUT2D eigenvalue weighted by molar-refractivity contribution is -0.133. The van der Waals surface area contributed by atoms with Crippen molar-refractivity contribution in [2.45, 2.75) is 18.6 Å². The van der Waals surface area contributed by atoms with Crippen molar-refractivity contribution in [2.24, 2.45) is 0 Å². The molecule has 1 rings (SSSR count). The van der Waals surface area contributed by atoms with Crippen LogP contribution in [0.15, 0.2) is 0 Å². The molecule has 0 spiro atoms. The average molecular weight is 186 g/mol. The van der Waals surface area contributed by atoms with E-state index in [-0.39, 0.29) is 18.1 Å². The Morgan fingerprint density at radius 1 is 1.54 bits per heavy atom. The maximum atomic E-state index is 11.6. The molecular formula is C9H18N2O2. The van der Waals surface area contributed by atoms with Crippen LogP contribution in [-0.2, 0) is 9.53 Å². The van der Waals surface area contributed by atoms with Gasteiger partial charge in [-0.3, -0.25) is 9.69 Å². The second kappa shape index (κ2) is 4.07. The molecule has 4 nitrogen and oxygen atoms in total. The van der Waals surface area contributed by atoms with Gasteiger partial charge in [0.2, 0.25) is 5.91 Å². The highest BCUT2D eigenvalue weighted by Gasteiger charge is 2.35. The van der Waals surface area contributed by atoms with Gasteiger partial charge in [-0.05, 0) is 13.5 Å². The van der Waals surface area contributed by atoms with Crippen LogP contribution in [0.3, 0.4) is 0 Å². The highest BCUT2D eigenvalue weighted by Crippen LogP contribution is 2.18. The Hall–Kier alpha value is -0.610. The molecule has 0 aliphatic carbocycles. The van der Waals surface area contributed by atoms with Crippen molar-refractivity contribution >= 4 is 5.91 Å². The fraction of sp³-hybridized carbons (Fsp3) is 0.889. The predicted molar refractivity (Wildman–Crippen MR) is 50.5 cm³/mol. The zero-order chi connectivity index (χ0) is 10.0. The van der Waals surface area contributed by atoms with E-state index in [1.54, 1.807) is 26.1 Å². The van der Waals surface area contributed by atoms with Gasteiger partial charge in [-0.25, -0.2) is 0 Å². The summed E-state index contributed by atoms with van der Waals surface area (Å²) in [4.78, 5) is 15.3. The molecule has 0 aromatic rings. The van der Waals surface area contributed by atoms with E-state index in [0.717, 1.165) is 13.0 Å². The van der Waals surface area contributed by atoms with Crippen molar-refractivity contribution in [3.8, 4) is 0 Å². The van der Waals surface area contributed by atoms with Crippen molar-refractivity contribution in [2.75, 3.05) is 34.8 Å². The third-order valence-corrected chi connectivity index (χ3v) is 2.57. The minimum Gasteiger partial charge on any atom is -0.380 e. The lowest BCUT2D eigenvalue weighted by Crippen LogP contribution is -2.40. The zero-order valence-electron chi connectivity index (χ0n) is 8.78. The van der Waals surface area contributed by atoms with Gasteiger partial charge in [-0.1, -0.05) is 0 Å². The summed E-state index contributed by atoms with van der Waals surface area (Å²) in [5, 5.41) is 0. The second-order valence-corrected chi connectivity index (χ2v) is 3.78. The van der Waals surface area contributed by atoms with E-state index >= 15 is 0 Å². The van der Waals surface area contributed by atoms with Gasteiger partial charge in [0.05, 0.1) is 12.1 Å². The standard InChI is InChI=1S/C9H18N2O2/c1-10(2)9(12)8-5-7(13-4)6-11(8)3/h7-8H,5-6H2,1-4H3/t7-,8-/m0/s1. The number of ether oxygens (including phenoxy) is 1. The van der Waals surface area contributed by atoms with Crippen LogP contribution in [0.4, 0.5) is 0 Å². The van der Waals surface area contributed by atoms with Crippen LogP contribution in [-0.4, -0.2) is 62.7 Å². The molecule has 0 N–H and O–H groups in total. The number of carbonyl (C=O) groups is 1. The SMILES string of the molecule is CO[C@H]1C[C@@H](C(=O)N(C)C)N(C)C1. The number of rotatable bonds is 2. The van der Waals surface area contributed by atoms with Crippen LogP contribution in [0.2, 0.25) is 0 Å². The van der Waals surface area contributed by atoms with Crippen molar-refractivity contribution in [3.63, 3.8) is 0 Å². The third-order valence-electron chi connectivity index (χ3n) is 2.57. The summed E-state index contributed by atoms with van der Waals surface area (Å²) >= 11 is 0. The molecule has 1 aliphatic heterocycles. The quantitative estimate of drug-likeness (QED) is 0.598. The van der Waals surface area contributed by atoms with E-state index in [0.29, 0.717) is 0 Å². The molecule has 1 amide bonds. The number of carbonyl (C=O) groups excluding carboxylic acids is 1. The van der Waals surface area contributed by atoms with Gasteiger partial charge in [0.1, 0.15) is 0 Å². The smallest absolute Gasteiger partial charge is 0.239 e. The number of likely N-dealkylation sites (tertiary alicyclic amines) is 1. The molecule has 1 saturated heterocycles. The third kappa shape index (κ3) is 2.19. The van der Waals surface area contributed by atoms with Crippen LogP contribution < -0.4 is 0 Å². The lowest BCUT2D eigenvalue weighted by Gasteiger charge is -2.21. The van der Waals surface area contributed by atoms with E-state index in [1.807, 2.05) is 7.05 Å². The van der Waals surface area contributed by atoms with Gasteiger partial charge in [-0.2, -0.15) is 0 Å². The van der Waals surface area contributed by atoms with Gasteiger partial charge in [-0.15, -0.1) is 0 Å². The molecule has 13 heavy (non-hydrogen) atoms. The van der Waals surface area contributed by atoms with Crippen molar-refractivity contribution in [1.29, 1.82) is 0 Å². The number of methoxy groups -OCH3 is 1. The molecule has 76 valence electrons. The summed E-state index contributed by atoms with van der Waals surface area (Å²) in [6.07, 6.45) is 1.02. The molecule has 4 heteroatoms. The first-order valence-electron chi connectivity index (χ1n) is 4.50. The molecule has 1 fully saturated rings. The summed E-state index contributed by atoms with van der Waals surface area (Å²) in [7, 11) is 7.23. The molecule has 2 atom stereocenters. The molecule has 0 bridgehead atoms.